The second-order valence-corrected chi connectivity index (χ2v) is 4.07. The molecular formula is C12H17NO2. The van der Waals surface area contributed by atoms with Crippen LogP contribution in [-0.4, -0.2) is 36.4 Å². The van der Waals surface area contributed by atoms with Crippen molar-refractivity contribution in [3.63, 3.8) is 0 Å². The van der Waals surface area contributed by atoms with Crippen LogP contribution in [-0.2, 0) is 0 Å². The molecule has 0 saturated carbocycles. The number of nitrogens with zero attached hydrogens (tertiary/aromatic N) is 1. The Balaban J connectivity index is 2.72. The summed E-state index contributed by atoms with van der Waals surface area (Å²) in [6, 6.07) is 6.39. The van der Waals surface area contributed by atoms with Gasteiger partial charge in [-0.25, -0.2) is 0 Å². The molecule has 0 radical (unpaired) electrons. The molecule has 15 heavy (non-hydrogen) atoms. The van der Waals surface area contributed by atoms with Crippen LogP contribution >= 0.6 is 0 Å². The van der Waals surface area contributed by atoms with Gasteiger partial charge in [-0.15, -0.1) is 0 Å². The molecule has 0 bridgehead atoms. The van der Waals surface area contributed by atoms with Gasteiger partial charge in [0.05, 0.1) is 0 Å². The highest BCUT2D eigenvalue weighted by Crippen LogP contribution is 2.13. The maximum Gasteiger partial charge on any atom is 0.166 e. The first-order valence-electron chi connectivity index (χ1n) is 4.98. The number of hydrogen-bond donors (Lipinski definition) is 1. The fraction of sp³-hybridized carbons (Fsp3) is 0.417. The number of benzene rings is 1. The summed E-state index contributed by atoms with van der Waals surface area (Å²) in [4.78, 5) is 13.9. The minimum Gasteiger partial charge on any atom is -0.508 e. The number of hydrogen-bond acceptors (Lipinski definition) is 3. The van der Waals surface area contributed by atoms with Crippen molar-refractivity contribution in [1.82, 2.24) is 4.90 Å². The molecule has 3 nitrogen and oxygen atoms in total. The lowest BCUT2D eigenvalue weighted by atomic mass is 9.99. The third kappa shape index (κ3) is 3.36. The molecule has 0 saturated heterocycles. The minimum atomic E-state index is -0.0236. The predicted molar refractivity (Wildman–Crippen MR) is 60.2 cm³/mol. The van der Waals surface area contributed by atoms with Crippen molar-refractivity contribution in [2.24, 2.45) is 5.92 Å². The van der Waals surface area contributed by atoms with Gasteiger partial charge in [-0.2, -0.15) is 0 Å². The third-order valence-corrected chi connectivity index (χ3v) is 2.24. The Morgan fingerprint density at radius 2 is 1.87 bits per heavy atom. The Labute approximate surface area is 90.3 Å². The van der Waals surface area contributed by atoms with Crippen molar-refractivity contribution < 1.29 is 9.90 Å². The Morgan fingerprint density at radius 3 is 2.33 bits per heavy atom. The monoisotopic (exact) mass is 207 g/mol. The molecule has 1 rings (SSSR count). The lowest BCUT2D eigenvalue weighted by Gasteiger charge is -2.15. The molecule has 0 aliphatic heterocycles. The standard InChI is InChI=1S/C12H17NO2/c1-9(8-13(2)3)12(15)10-4-6-11(14)7-5-10/h4-7,9,14H,8H2,1-3H3/t9-/m1/s1. The topological polar surface area (TPSA) is 40.5 Å². The molecule has 1 aromatic rings. The summed E-state index contributed by atoms with van der Waals surface area (Å²) in [5, 5.41) is 9.10. The summed E-state index contributed by atoms with van der Waals surface area (Å²) in [6.07, 6.45) is 0. The van der Waals surface area contributed by atoms with E-state index in [1.807, 2.05) is 25.9 Å². The zero-order chi connectivity index (χ0) is 11.4. The van der Waals surface area contributed by atoms with Crippen LogP contribution in [0.3, 0.4) is 0 Å². The molecule has 3 heteroatoms. The van der Waals surface area contributed by atoms with E-state index >= 15 is 0 Å². The third-order valence-electron chi connectivity index (χ3n) is 2.24. The molecule has 1 N–H and O–H groups in total. The van der Waals surface area contributed by atoms with Gasteiger partial charge in [0.25, 0.3) is 0 Å². The highest BCUT2D eigenvalue weighted by atomic mass is 16.3. The molecule has 0 aromatic heterocycles. The van der Waals surface area contributed by atoms with Gasteiger partial charge in [0.1, 0.15) is 5.75 Å². The van der Waals surface area contributed by atoms with Gasteiger partial charge in [-0.05, 0) is 38.4 Å². The largest absolute Gasteiger partial charge is 0.508 e. The smallest absolute Gasteiger partial charge is 0.166 e. The van der Waals surface area contributed by atoms with Crippen LogP contribution in [0.2, 0.25) is 0 Å². The van der Waals surface area contributed by atoms with E-state index in [1.165, 1.54) is 12.1 Å². The molecule has 0 aliphatic carbocycles. The second kappa shape index (κ2) is 4.94. The number of carbonyl (C=O) groups is 1. The molecule has 1 aromatic carbocycles. The number of phenolic OH excluding ortho intramolecular Hbond substituents is 1. The van der Waals surface area contributed by atoms with Crippen LogP contribution in [0.15, 0.2) is 24.3 Å². The number of rotatable bonds is 4. The van der Waals surface area contributed by atoms with Gasteiger partial charge in [-0.1, -0.05) is 6.92 Å². The van der Waals surface area contributed by atoms with Crippen molar-refractivity contribution >= 4 is 5.78 Å². The predicted octanol–water partition coefficient (Wildman–Crippen LogP) is 1.77. The molecule has 0 heterocycles. The maximum atomic E-state index is 11.9. The van der Waals surface area contributed by atoms with Crippen LogP contribution < -0.4 is 0 Å². The lowest BCUT2D eigenvalue weighted by Crippen LogP contribution is -2.25. The molecular weight excluding hydrogens is 190 g/mol. The Hall–Kier alpha value is -1.35. The van der Waals surface area contributed by atoms with E-state index in [9.17, 15) is 4.79 Å². The van der Waals surface area contributed by atoms with Crippen LogP contribution in [0.1, 0.15) is 17.3 Å². The Kier molecular flexibility index (Phi) is 3.86. The zero-order valence-electron chi connectivity index (χ0n) is 9.40. The first-order valence-corrected chi connectivity index (χ1v) is 4.98. The van der Waals surface area contributed by atoms with E-state index in [1.54, 1.807) is 12.1 Å². The summed E-state index contributed by atoms with van der Waals surface area (Å²) in [7, 11) is 3.89. The molecule has 0 aliphatic rings. The first-order chi connectivity index (χ1) is 7.00. The average Bonchev–Trinajstić information content (AvgIpc) is 2.17. The number of Topliss-reactive ketones (excluding diaryl/α,β-unsaturated/α-hetero) is 1. The SMILES string of the molecule is C[C@H](CN(C)C)C(=O)c1ccc(O)cc1. The Morgan fingerprint density at radius 1 is 1.33 bits per heavy atom. The lowest BCUT2D eigenvalue weighted by molar-refractivity contribution is 0.0910. The molecule has 0 fully saturated rings. The van der Waals surface area contributed by atoms with E-state index in [0.717, 1.165) is 6.54 Å². The van der Waals surface area contributed by atoms with Gasteiger partial charge in [0.2, 0.25) is 0 Å². The normalized spacial score (nSPS) is 12.8. The summed E-state index contributed by atoms with van der Waals surface area (Å²) in [5.41, 5.74) is 0.655. The summed E-state index contributed by atoms with van der Waals surface area (Å²) in [6.45, 7) is 2.65. The second-order valence-electron chi connectivity index (χ2n) is 4.07. The van der Waals surface area contributed by atoms with E-state index in [-0.39, 0.29) is 17.5 Å². The summed E-state index contributed by atoms with van der Waals surface area (Å²) >= 11 is 0. The summed E-state index contributed by atoms with van der Waals surface area (Å²) in [5.74, 6) is 0.278. The zero-order valence-corrected chi connectivity index (χ0v) is 9.40. The number of aromatic hydroxyl groups is 1. The fourth-order valence-electron chi connectivity index (χ4n) is 1.54. The van der Waals surface area contributed by atoms with Crippen molar-refractivity contribution in [1.29, 1.82) is 0 Å². The van der Waals surface area contributed by atoms with Gasteiger partial charge in [0.15, 0.2) is 5.78 Å². The van der Waals surface area contributed by atoms with Crippen molar-refractivity contribution in [2.45, 2.75) is 6.92 Å². The number of carbonyl (C=O) groups excluding carboxylic acids is 1. The summed E-state index contributed by atoms with van der Waals surface area (Å²) < 4.78 is 0. The van der Waals surface area contributed by atoms with Gasteiger partial charge >= 0.3 is 0 Å². The van der Waals surface area contributed by atoms with Gasteiger partial charge in [-0.3, -0.25) is 4.79 Å². The maximum absolute atomic E-state index is 11.9. The van der Waals surface area contributed by atoms with E-state index < -0.39 is 0 Å². The molecule has 1 atom stereocenters. The number of phenols is 1. The van der Waals surface area contributed by atoms with Crippen molar-refractivity contribution in [3.8, 4) is 5.75 Å². The van der Waals surface area contributed by atoms with Crippen molar-refractivity contribution in [3.05, 3.63) is 29.8 Å². The fourth-order valence-corrected chi connectivity index (χ4v) is 1.54. The van der Waals surface area contributed by atoms with Crippen LogP contribution in [0.25, 0.3) is 0 Å². The van der Waals surface area contributed by atoms with E-state index in [4.69, 9.17) is 5.11 Å². The average molecular weight is 207 g/mol. The van der Waals surface area contributed by atoms with Gasteiger partial charge in [0, 0.05) is 18.0 Å². The number of ketones is 1. The first kappa shape index (κ1) is 11.7. The quantitative estimate of drug-likeness (QED) is 0.765. The molecule has 0 spiro atoms. The highest BCUT2D eigenvalue weighted by molar-refractivity contribution is 5.97. The molecule has 0 unspecified atom stereocenters. The molecule has 0 amide bonds. The Bertz CT molecular complexity index is 330. The highest BCUT2D eigenvalue weighted by Gasteiger charge is 2.15. The van der Waals surface area contributed by atoms with Crippen LogP contribution in [0, 0.1) is 5.92 Å². The van der Waals surface area contributed by atoms with Gasteiger partial charge < -0.3 is 10.0 Å². The van der Waals surface area contributed by atoms with Crippen LogP contribution in [0.5, 0.6) is 5.75 Å². The van der Waals surface area contributed by atoms with Crippen LogP contribution in [0.4, 0.5) is 0 Å². The van der Waals surface area contributed by atoms with E-state index in [2.05, 4.69) is 0 Å². The minimum absolute atomic E-state index is 0.0236. The van der Waals surface area contributed by atoms with E-state index in [0.29, 0.717) is 5.56 Å². The van der Waals surface area contributed by atoms with Crippen molar-refractivity contribution in [2.75, 3.05) is 20.6 Å². The molecule has 82 valence electrons.